The highest BCUT2D eigenvalue weighted by atomic mass is 32.2. The third-order valence-corrected chi connectivity index (χ3v) is 11.6. The Morgan fingerprint density at radius 2 is 0.957 bits per heavy atom. The molecule has 0 aromatic heterocycles. The molecule has 0 radical (unpaired) electrons. The molecule has 2 heterocycles. The first-order valence-corrected chi connectivity index (χ1v) is 12.1. The van der Waals surface area contributed by atoms with E-state index >= 15 is 0 Å². The lowest BCUT2D eigenvalue weighted by Crippen LogP contribution is -2.39. The number of hydrogen-bond acceptors (Lipinski definition) is 2. The molecule has 0 bridgehead atoms. The first-order chi connectivity index (χ1) is 10.8. The zero-order valence-corrected chi connectivity index (χ0v) is 17.3. The van der Waals surface area contributed by atoms with Crippen LogP contribution in [0.3, 0.4) is 0 Å². The van der Waals surface area contributed by atoms with E-state index in [1.807, 2.05) is 0 Å². The summed E-state index contributed by atoms with van der Waals surface area (Å²) in [6, 6.07) is 0. The minimum absolute atomic E-state index is 0.588. The zero-order chi connectivity index (χ0) is 16.3. The maximum atomic E-state index is 2.63. The van der Waals surface area contributed by atoms with Crippen LogP contribution in [0.2, 0.25) is 0 Å². The van der Waals surface area contributed by atoms with Crippen molar-refractivity contribution in [2.24, 2.45) is 29.1 Å². The average Bonchev–Trinajstić information content (AvgIpc) is 3.48. The van der Waals surface area contributed by atoms with Gasteiger partial charge in [0.25, 0.3) is 0 Å². The van der Waals surface area contributed by atoms with Crippen molar-refractivity contribution in [1.29, 1.82) is 0 Å². The van der Waals surface area contributed by atoms with E-state index in [9.17, 15) is 0 Å². The molecule has 2 aliphatic heterocycles. The summed E-state index contributed by atoms with van der Waals surface area (Å²) in [7, 11) is 0. The summed E-state index contributed by atoms with van der Waals surface area (Å²) in [6.45, 7) is 10.3. The quantitative estimate of drug-likeness (QED) is 0.520. The summed E-state index contributed by atoms with van der Waals surface area (Å²) in [6.07, 6.45) is 12.1. The normalized spacial score (nSPS) is 50.6. The van der Waals surface area contributed by atoms with Crippen LogP contribution < -0.4 is 0 Å². The molecule has 2 heteroatoms. The van der Waals surface area contributed by atoms with Gasteiger partial charge >= 0.3 is 0 Å². The van der Waals surface area contributed by atoms with E-state index in [1.54, 1.807) is 0 Å². The lowest BCUT2D eigenvalue weighted by Gasteiger charge is -2.47. The van der Waals surface area contributed by atoms with E-state index in [0.717, 1.165) is 23.7 Å². The molecule has 4 rings (SSSR count). The van der Waals surface area contributed by atoms with Gasteiger partial charge in [-0.15, -0.1) is 0 Å². The maximum Gasteiger partial charge on any atom is 0.0251 e. The number of thioether (sulfide) groups is 2. The largest absolute Gasteiger partial charge is 0.153 e. The molecule has 4 fully saturated rings. The Bertz CT molecular complexity index is 391. The Labute approximate surface area is 152 Å². The fourth-order valence-electron chi connectivity index (χ4n) is 5.93. The van der Waals surface area contributed by atoms with Crippen LogP contribution in [0.15, 0.2) is 0 Å². The molecule has 0 nitrogen and oxygen atoms in total. The van der Waals surface area contributed by atoms with E-state index in [1.165, 1.54) is 62.9 Å². The minimum atomic E-state index is 0.588. The zero-order valence-electron chi connectivity index (χ0n) is 15.7. The molecule has 0 N–H and O–H groups in total. The third kappa shape index (κ3) is 3.25. The van der Waals surface area contributed by atoms with Crippen molar-refractivity contribution in [3.63, 3.8) is 0 Å². The first kappa shape index (κ1) is 17.1. The Morgan fingerprint density at radius 3 is 1.22 bits per heavy atom. The third-order valence-electron chi connectivity index (χ3n) is 8.49. The van der Waals surface area contributed by atoms with Gasteiger partial charge in [0.15, 0.2) is 0 Å². The molecule has 0 amide bonds. The van der Waals surface area contributed by atoms with Crippen LogP contribution >= 0.6 is 23.5 Å². The summed E-state index contributed by atoms with van der Waals surface area (Å²) in [5, 5.41) is 0. The molecule has 23 heavy (non-hydrogen) atoms. The maximum absolute atomic E-state index is 2.63. The molecule has 2 aliphatic carbocycles. The Morgan fingerprint density at radius 1 is 0.652 bits per heavy atom. The van der Waals surface area contributed by atoms with Gasteiger partial charge in [0.05, 0.1) is 0 Å². The smallest absolute Gasteiger partial charge is 0.0251 e. The van der Waals surface area contributed by atoms with Gasteiger partial charge in [-0.05, 0) is 94.3 Å². The summed E-state index contributed by atoms with van der Waals surface area (Å²) < 4.78 is 1.37. The molecule has 4 aliphatic rings. The van der Waals surface area contributed by atoms with Crippen LogP contribution in [-0.2, 0) is 0 Å². The fourth-order valence-corrected chi connectivity index (χ4v) is 7.80. The highest BCUT2D eigenvalue weighted by Gasteiger charge is 2.51. The van der Waals surface area contributed by atoms with Crippen LogP contribution in [0.5, 0.6) is 0 Å². The minimum Gasteiger partial charge on any atom is -0.153 e. The summed E-state index contributed by atoms with van der Waals surface area (Å²) in [4.78, 5) is 0. The molecule has 0 aromatic rings. The summed E-state index contributed by atoms with van der Waals surface area (Å²) in [5.41, 5.74) is 0.588. The number of hydrogen-bond donors (Lipinski definition) is 0. The van der Waals surface area contributed by atoms with E-state index in [0.29, 0.717) is 14.9 Å². The first-order valence-electron chi connectivity index (χ1n) is 10.1. The summed E-state index contributed by atoms with van der Waals surface area (Å²) in [5.74, 6) is 6.93. The van der Waals surface area contributed by atoms with E-state index in [4.69, 9.17) is 0 Å². The van der Waals surface area contributed by atoms with E-state index in [2.05, 4.69) is 51.2 Å². The van der Waals surface area contributed by atoms with Crippen molar-refractivity contribution < 1.29 is 0 Å². The Balaban J connectivity index is 1.31. The fraction of sp³-hybridized carbons (Fsp3) is 1.00. The number of rotatable bonds is 4. The molecule has 2 unspecified atom stereocenters. The second-order valence-electron chi connectivity index (χ2n) is 10.1. The molecule has 0 spiro atoms. The molecule has 0 aromatic carbocycles. The second kappa shape index (κ2) is 5.86. The topological polar surface area (TPSA) is 0 Å². The van der Waals surface area contributed by atoms with E-state index < -0.39 is 0 Å². The SMILES string of the molecule is CC1(C2CCC(C(C)(C)C3CCC(C4(C)CS4)CC3)CC2)CS1. The molecule has 132 valence electrons. The van der Waals surface area contributed by atoms with Crippen molar-refractivity contribution in [3.8, 4) is 0 Å². The van der Waals surface area contributed by atoms with Crippen LogP contribution in [0, 0.1) is 29.1 Å². The molecular formula is C21H36S2. The molecule has 2 saturated carbocycles. The lowest BCUT2D eigenvalue weighted by atomic mass is 9.58. The highest BCUT2D eigenvalue weighted by Crippen LogP contribution is 2.59. The summed E-state index contributed by atoms with van der Waals surface area (Å²) >= 11 is 4.44. The lowest BCUT2D eigenvalue weighted by molar-refractivity contribution is 0.0352. The van der Waals surface area contributed by atoms with Gasteiger partial charge in [0.2, 0.25) is 0 Å². The van der Waals surface area contributed by atoms with Crippen molar-refractivity contribution in [1.82, 2.24) is 0 Å². The van der Waals surface area contributed by atoms with Crippen molar-refractivity contribution in [3.05, 3.63) is 0 Å². The van der Waals surface area contributed by atoms with Crippen molar-refractivity contribution in [2.45, 2.75) is 88.6 Å². The molecule has 2 atom stereocenters. The highest BCUT2D eigenvalue weighted by molar-refractivity contribution is 8.08. The predicted octanol–water partition coefficient (Wildman–Crippen LogP) is 6.64. The van der Waals surface area contributed by atoms with E-state index in [-0.39, 0.29) is 0 Å². The van der Waals surface area contributed by atoms with Gasteiger partial charge in [-0.1, -0.05) is 13.8 Å². The molecule has 2 saturated heterocycles. The monoisotopic (exact) mass is 352 g/mol. The van der Waals surface area contributed by atoms with Crippen molar-refractivity contribution >= 4 is 23.5 Å². The van der Waals surface area contributed by atoms with Gasteiger partial charge < -0.3 is 0 Å². The molecular weight excluding hydrogens is 316 g/mol. The van der Waals surface area contributed by atoms with Crippen LogP contribution in [-0.4, -0.2) is 21.0 Å². The second-order valence-corrected chi connectivity index (χ2v) is 13.1. The van der Waals surface area contributed by atoms with Crippen LogP contribution in [0.25, 0.3) is 0 Å². The van der Waals surface area contributed by atoms with Gasteiger partial charge in [-0.25, -0.2) is 0 Å². The standard InChI is InChI=1S/C21H36S2/c1-19(2,15-5-9-17(10-6-15)20(3)13-22-20)16-7-11-18(12-8-16)21(4)14-23-21/h15-18H,5-14H2,1-4H3. The van der Waals surface area contributed by atoms with Gasteiger partial charge in [0, 0.05) is 21.0 Å². The Hall–Kier alpha value is 0.700. The Kier molecular flexibility index (Phi) is 4.37. The average molecular weight is 353 g/mol. The van der Waals surface area contributed by atoms with Gasteiger partial charge in [-0.3, -0.25) is 0 Å². The predicted molar refractivity (Wildman–Crippen MR) is 106 cm³/mol. The van der Waals surface area contributed by atoms with Crippen LogP contribution in [0.4, 0.5) is 0 Å². The van der Waals surface area contributed by atoms with Crippen molar-refractivity contribution in [2.75, 3.05) is 11.5 Å². The van der Waals surface area contributed by atoms with Gasteiger partial charge in [0.1, 0.15) is 0 Å². The van der Waals surface area contributed by atoms with Crippen LogP contribution in [0.1, 0.15) is 79.1 Å². The van der Waals surface area contributed by atoms with Gasteiger partial charge in [-0.2, -0.15) is 23.5 Å².